The van der Waals surface area contributed by atoms with Crippen molar-refractivity contribution in [3.8, 4) is 0 Å². The van der Waals surface area contributed by atoms with E-state index >= 15 is 0 Å². The third-order valence-corrected chi connectivity index (χ3v) is 2.72. The Hall–Kier alpha value is -2.04. The van der Waals surface area contributed by atoms with E-state index < -0.39 is 0 Å². The van der Waals surface area contributed by atoms with Crippen LogP contribution in [0.1, 0.15) is 12.5 Å². The van der Waals surface area contributed by atoms with Gasteiger partial charge in [0.05, 0.1) is 11.0 Å². The number of anilines is 1. The second-order valence-electron chi connectivity index (χ2n) is 4.05. The van der Waals surface area contributed by atoms with Crippen LogP contribution in [0.25, 0.3) is 11.0 Å². The predicted octanol–water partition coefficient (Wildman–Crippen LogP) is 1.06. The Morgan fingerprint density at radius 3 is 3.00 bits per heavy atom. The molecular weight excluding hydrogens is 216 g/mol. The number of benzene rings is 1. The number of rotatable bonds is 3. The molecule has 2 aromatic rings. The number of carbonyl (C=O) groups is 1. The minimum atomic E-state index is -0.0378. The van der Waals surface area contributed by atoms with Crippen molar-refractivity contribution in [2.45, 2.75) is 20.4 Å². The van der Waals surface area contributed by atoms with Crippen molar-refractivity contribution in [2.75, 3.05) is 12.3 Å². The number of amides is 1. The van der Waals surface area contributed by atoms with Crippen molar-refractivity contribution in [2.24, 2.45) is 0 Å². The van der Waals surface area contributed by atoms with Crippen molar-refractivity contribution in [3.63, 3.8) is 0 Å². The fourth-order valence-corrected chi connectivity index (χ4v) is 1.88. The molecule has 0 bridgehead atoms. The summed E-state index contributed by atoms with van der Waals surface area (Å²) in [4.78, 5) is 15.1. The van der Waals surface area contributed by atoms with Crippen LogP contribution in [0.4, 0.5) is 5.95 Å². The molecular formula is C12H16N4O. The van der Waals surface area contributed by atoms with Crippen LogP contribution in [0.3, 0.4) is 0 Å². The van der Waals surface area contributed by atoms with Gasteiger partial charge in [0.2, 0.25) is 11.9 Å². The monoisotopic (exact) mass is 232 g/mol. The fourth-order valence-electron chi connectivity index (χ4n) is 1.88. The van der Waals surface area contributed by atoms with Crippen molar-refractivity contribution < 1.29 is 4.79 Å². The van der Waals surface area contributed by atoms with Gasteiger partial charge in [0.1, 0.15) is 0 Å². The lowest BCUT2D eigenvalue weighted by Gasteiger charge is -2.06. The zero-order chi connectivity index (χ0) is 12.4. The molecule has 0 fully saturated rings. The molecule has 0 aliphatic heterocycles. The van der Waals surface area contributed by atoms with Crippen LogP contribution < -0.4 is 11.1 Å². The van der Waals surface area contributed by atoms with Gasteiger partial charge in [-0.3, -0.25) is 4.79 Å². The van der Waals surface area contributed by atoms with E-state index in [1.165, 1.54) is 6.92 Å². The number of aryl methyl sites for hydroxylation is 1. The average Bonchev–Trinajstić information content (AvgIpc) is 2.57. The first-order chi connectivity index (χ1) is 8.09. The molecule has 1 aromatic carbocycles. The van der Waals surface area contributed by atoms with E-state index in [1.807, 2.05) is 29.7 Å². The Kier molecular flexibility index (Phi) is 2.99. The first kappa shape index (κ1) is 11.4. The number of nitrogens with zero attached hydrogens (tertiary/aromatic N) is 2. The van der Waals surface area contributed by atoms with Crippen LogP contribution in [-0.4, -0.2) is 22.0 Å². The Labute approximate surface area is 99.6 Å². The van der Waals surface area contributed by atoms with Crippen molar-refractivity contribution >= 4 is 22.9 Å². The zero-order valence-electron chi connectivity index (χ0n) is 10.0. The average molecular weight is 232 g/mol. The molecule has 0 saturated carbocycles. The topological polar surface area (TPSA) is 72.9 Å². The number of para-hydroxylation sites is 1. The number of nitrogen functional groups attached to an aromatic ring is 1. The van der Waals surface area contributed by atoms with E-state index in [4.69, 9.17) is 5.73 Å². The molecule has 1 heterocycles. The number of hydrogen-bond donors (Lipinski definition) is 2. The molecule has 0 aliphatic rings. The lowest BCUT2D eigenvalue weighted by molar-refractivity contribution is -0.118. The number of nitrogens with one attached hydrogen (secondary N) is 1. The number of hydrogen-bond acceptors (Lipinski definition) is 3. The standard InChI is InChI=1S/C12H16N4O/c1-8-4-3-5-10-11(8)15-12(13)16(10)7-6-14-9(2)17/h3-5H,6-7H2,1-2H3,(H2,13,15)(H,14,17). The van der Waals surface area contributed by atoms with E-state index in [-0.39, 0.29) is 5.91 Å². The van der Waals surface area contributed by atoms with Gasteiger partial charge in [-0.25, -0.2) is 4.98 Å². The summed E-state index contributed by atoms with van der Waals surface area (Å²) >= 11 is 0. The van der Waals surface area contributed by atoms with E-state index in [1.54, 1.807) is 0 Å². The Bertz CT molecular complexity index is 559. The Morgan fingerprint density at radius 1 is 1.53 bits per heavy atom. The number of nitrogens with two attached hydrogens (primary N) is 1. The number of imidazole rings is 1. The summed E-state index contributed by atoms with van der Waals surface area (Å²) in [5.41, 5.74) is 8.91. The summed E-state index contributed by atoms with van der Waals surface area (Å²) in [5.74, 6) is 0.448. The summed E-state index contributed by atoms with van der Waals surface area (Å²) in [6.07, 6.45) is 0. The van der Waals surface area contributed by atoms with Crippen LogP contribution in [-0.2, 0) is 11.3 Å². The lowest BCUT2D eigenvalue weighted by Crippen LogP contribution is -2.24. The first-order valence-electron chi connectivity index (χ1n) is 5.55. The number of aromatic nitrogens is 2. The molecule has 5 heteroatoms. The van der Waals surface area contributed by atoms with E-state index in [2.05, 4.69) is 10.3 Å². The molecule has 0 atom stereocenters. The molecule has 1 amide bonds. The van der Waals surface area contributed by atoms with Gasteiger partial charge >= 0.3 is 0 Å². The zero-order valence-corrected chi connectivity index (χ0v) is 10.0. The Balaban J connectivity index is 2.30. The molecule has 3 N–H and O–H groups in total. The van der Waals surface area contributed by atoms with Crippen LogP contribution in [0, 0.1) is 6.92 Å². The predicted molar refractivity (Wildman–Crippen MR) is 67.6 cm³/mol. The molecule has 5 nitrogen and oxygen atoms in total. The van der Waals surface area contributed by atoms with Crippen LogP contribution >= 0.6 is 0 Å². The highest BCUT2D eigenvalue weighted by molar-refractivity contribution is 5.81. The summed E-state index contributed by atoms with van der Waals surface area (Å²) in [7, 11) is 0. The van der Waals surface area contributed by atoms with Gasteiger partial charge in [-0.1, -0.05) is 12.1 Å². The highest BCUT2D eigenvalue weighted by atomic mass is 16.1. The van der Waals surface area contributed by atoms with Gasteiger partial charge in [-0.2, -0.15) is 0 Å². The van der Waals surface area contributed by atoms with Gasteiger partial charge in [0.25, 0.3) is 0 Å². The van der Waals surface area contributed by atoms with Crippen molar-refractivity contribution in [3.05, 3.63) is 23.8 Å². The second kappa shape index (κ2) is 4.45. The summed E-state index contributed by atoms with van der Waals surface area (Å²) in [6.45, 7) is 4.69. The van der Waals surface area contributed by atoms with Gasteiger partial charge in [0.15, 0.2) is 0 Å². The van der Waals surface area contributed by atoms with Gasteiger partial charge in [-0.05, 0) is 18.6 Å². The third kappa shape index (κ3) is 2.22. The van der Waals surface area contributed by atoms with Gasteiger partial charge < -0.3 is 15.6 Å². The SMILES string of the molecule is CC(=O)NCCn1c(N)nc2c(C)cccc21. The molecule has 1 aromatic heterocycles. The fraction of sp³-hybridized carbons (Fsp3) is 0.333. The van der Waals surface area contributed by atoms with Crippen LogP contribution in [0.2, 0.25) is 0 Å². The quantitative estimate of drug-likeness (QED) is 0.831. The highest BCUT2D eigenvalue weighted by Crippen LogP contribution is 2.20. The minimum Gasteiger partial charge on any atom is -0.369 e. The van der Waals surface area contributed by atoms with Crippen LogP contribution in [0.5, 0.6) is 0 Å². The summed E-state index contributed by atoms with van der Waals surface area (Å²) in [6, 6.07) is 5.97. The number of fused-ring (bicyclic) bond motifs is 1. The molecule has 0 saturated heterocycles. The second-order valence-corrected chi connectivity index (χ2v) is 4.05. The van der Waals surface area contributed by atoms with Gasteiger partial charge in [0, 0.05) is 20.0 Å². The van der Waals surface area contributed by atoms with Crippen molar-refractivity contribution in [1.29, 1.82) is 0 Å². The van der Waals surface area contributed by atoms with Crippen LogP contribution in [0.15, 0.2) is 18.2 Å². The maximum atomic E-state index is 10.8. The van der Waals surface area contributed by atoms with Gasteiger partial charge in [-0.15, -0.1) is 0 Å². The third-order valence-electron chi connectivity index (χ3n) is 2.72. The molecule has 0 aliphatic carbocycles. The van der Waals surface area contributed by atoms with E-state index in [0.717, 1.165) is 16.6 Å². The normalized spacial score (nSPS) is 10.7. The largest absolute Gasteiger partial charge is 0.369 e. The molecule has 17 heavy (non-hydrogen) atoms. The van der Waals surface area contributed by atoms with Crippen molar-refractivity contribution in [1.82, 2.24) is 14.9 Å². The summed E-state index contributed by atoms with van der Waals surface area (Å²) in [5, 5.41) is 2.75. The molecule has 0 radical (unpaired) electrons. The maximum absolute atomic E-state index is 10.8. The maximum Gasteiger partial charge on any atom is 0.216 e. The minimum absolute atomic E-state index is 0.0378. The molecule has 90 valence electrons. The molecule has 2 rings (SSSR count). The first-order valence-corrected chi connectivity index (χ1v) is 5.55. The summed E-state index contributed by atoms with van der Waals surface area (Å²) < 4.78 is 1.91. The number of carbonyl (C=O) groups excluding carboxylic acids is 1. The molecule has 0 spiro atoms. The van der Waals surface area contributed by atoms with E-state index in [0.29, 0.717) is 19.0 Å². The molecule has 0 unspecified atom stereocenters. The smallest absolute Gasteiger partial charge is 0.216 e. The van der Waals surface area contributed by atoms with E-state index in [9.17, 15) is 4.79 Å². The Morgan fingerprint density at radius 2 is 2.29 bits per heavy atom. The lowest BCUT2D eigenvalue weighted by atomic mass is 10.2. The highest BCUT2D eigenvalue weighted by Gasteiger charge is 2.08.